The first-order valence-electron chi connectivity index (χ1n) is 15.5. The van der Waals surface area contributed by atoms with Crippen LogP contribution in [0.4, 0.5) is 21.5 Å². The minimum absolute atomic E-state index is 0.0300. The molecule has 0 aliphatic rings. The van der Waals surface area contributed by atoms with Crippen molar-refractivity contribution in [2.45, 2.75) is 45.9 Å². The van der Waals surface area contributed by atoms with E-state index in [0.717, 1.165) is 11.6 Å². The van der Waals surface area contributed by atoms with E-state index in [1.54, 1.807) is 75.2 Å². The number of ether oxygens (including phenoxy) is 3. The summed E-state index contributed by atoms with van der Waals surface area (Å²) < 4.78 is 31.0. The number of hydrogen-bond donors (Lipinski definition) is 1. The Labute approximate surface area is 286 Å². The summed E-state index contributed by atoms with van der Waals surface area (Å²) in [6.45, 7) is 5.76. The first kappa shape index (κ1) is 36.0. The summed E-state index contributed by atoms with van der Waals surface area (Å²) >= 11 is 0. The lowest BCUT2D eigenvalue weighted by molar-refractivity contribution is -0.125. The van der Waals surface area contributed by atoms with Gasteiger partial charge in [0.15, 0.2) is 0 Å². The Morgan fingerprint density at radius 2 is 1.59 bits per heavy atom. The predicted octanol–water partition coefficient (Wildman–Crippen LogP) is 6.98. The van der Waals surface area contributed by atoms with E-state index < -0.39 is 35.6 Å². The van der Waals surface area contributed by atoms with Gasteiger partial charge < -0.3 is 29.3 Å². The number of rotatable bonds is 12. The summed E-state index contributed by atoms with van der Waals surface area (Å²) in [7, 11) is 4.80. The number of esters is 1. The molecule has 0 unspecified atom stereocenters. The summed E-state index contributed by atoms with van der Waals surface area (Å²) in [5.41, 5.74) is 2.36. The number of hydrogen-bond acceptors (Lipinski definition) is 7. The molecule has 1 N–H and O–H groups in total. The van der Waals surface area contributed by atoms with Gasteiger partial charge >= 0.3 is 5.97 Å². The lowest BCUT2D eigenvalue weighted by Crippen LogP contribution is -2.34. The number of amides is 2. The molecule has 0 aliphatic heterocycles. The zero-order chi connectivity index (χ0) is 35.7. The van der Waals surface area contributed by atoms with E-state index >= 15 is 0 Å². The van der Waals surface area contributed by atoms with Crippen LogP contribution in [-0.2, 0) is 27.4 Å². The van der Waals surface area contributed by atoms with E-state index in [2.05, 4.69) is 11.2 Å². The van der Waals surface area contributed by atoms with Gasteiger partial charge in [0.2, 0.25) is 11.8 Å². The highest BCUT2D eigenvalue weighted by Gasteiger charge is 2.24. The molecule has 0 saturated carbocycles. The zero-order valence-corrected chi connectivity index (χ0v) is 28.5. The quantitative estimate of drug-likeness (QED) is 0.0991. The predicted molar refractivity (Wildman–Crippen MR) is 188 cm³/mol. The Balaban J connectivity index is 1.63. The first-order chi connectivity index (χ1) is 23.3. The van der Waals surface area contributed by atoms with E-state index in [1.807, 2.05) is 30.3 Å². The van der Waals surface area contributed by atoms with Crippen LogP contribution in [0.1, 0.15) is 54.2 Å². The van der Waals surface area contributed by atoms with Crippen molar-refractivity contribution in [2.24, 2.45) is 0 Å². The van der Waals surface area contributed by atoms with Gasteiger partial charge in [-0.25, -0.2) is 9.18 Å². The maximum absolute atomic E-state index is 14.7. The monoisotopic (exact) mass is 665 g/mol. The lowest BCUT2D eigenvalue weighted by atomic mass is 10.1. The molecule has 49 heavy (non-hydrogen) atoms. The van der Waals surface area contributed by atoms with Crippen molar-refractivity contribution in [2.75, 3.05) is 36.4 Å². The highest BCUT2D eigenvalue weighted by molar-refractivity contribution is 6.10. The van der Waals surface area contributed by atoms with Gasteiger partial charge in [0.05, 0.1) is 43.3 Å². The van der Waals surface area contributed by atoms with Crippen molar-refractivity contribution in [3.05, 3.63) is 113 Å². The van der Waals surface area contributed by atoms with Gasteiger partial charge in [-0.1, -0.05) is 36.3 Å². The topological polar surface area (TPSA) is 97.4 Å². The maximum Gasteiger partial charge on any atom is 0.338 e. The number of anilines is 3. The van der Waals surface area contributed by atoms with Crippen LogP contribution in [0, 0.1) is 18.2 Å². The van der Waals surface area contributed by atoms with E-state index in [0.29, 0.717) is 40.5 Å². The fourth-order valence-electron chi connectivity index (χ4n) is 5.09. The molecule has 2 amide bonds. The third kappa shape index (κ3) is 9.61. The lowest BCUT2D eigenvalue weighted by Gasteiger charge is -2.26. The molecular weight excluding hydrogens is 625 g/mol. The molecule has 4 rings (SSSR count). The number of carbonyl (C=O) groups excluding carboxylic acids is 3. The molecule has 0 fully saturated rings. The Morgan fingerprint density at radius 1 is 0.898 bits per heavy atom. The average molecular weight is 666 g/mol. The van der Waals surface area contributed by atoms with Crippen LogP contribution in [0.2, 0.25) is 0 Å². The molecule has 0 aromatic heterocycles. The fourth-order valence-corrected chi connectivity index (χ4v) is 5.09. The summed E-state index contributed by atoms with van der Waals surface area (Å²) in [5, 5.41) is 2.77. The summed E-state index contributed by atoms with van der Waals surface area (Å²) in [6, 6.07) is 23.5. The van der Waals surface area contributed by atoms with Crippen molar-refractivity contribution in [1.82, 2.24) is 0 Å². The molecule has 9 nitrogen and oxygen atoms in total. The normalized spacial score (nSPS) is 10.8. The van der Waals surface area contributed by atoms with Gasteiger partial charge in [-0.15, -0.1) is 6.42 Å². The Morgan fingerprint density at radius 3 is 2.20 bits per heavy atom. The van der Waals surface area contributed by atoms with Crippen LogP contribution in [0.3, 0.4) is 0 Å². The minimum Gasteiger partial charge on any atom is -0.497 e. The highest BCUT2D eigenvalue weighted by atomic mass is 19.1. The summed E-state index contributed by atoms with van der Waals surface area (Å²) in [6.07, 6.45) is 5.15. The van der Waals surface area contributed by atoms with E-state index in [-0.39, 0.29) is 17.8 Å². The van der Waals surface area contributed by atoms with E-state index in [1.165, 1.54) is 25.2 Å². The highest BCUT2D eigenvalue weighted by Crippen LogP contribution is 2.32. The molecule has 0 atom stereocenters. The molecule has 4 aromatic rings. The van der Waals surface area contributed by atoms with Gasteiger partial charge in [-0.2, -0.15) is 0 Å². The van der Waals surface area contributed by atoms with Crippen molar-refractivity contribution < 1.29 is 33.0 Å². The van der Waals surface area contributed by atoms with Crippen molar-refractivity contribution in [1.29, 1.82) is 0 Å². The Kier molecular flexibility index (Phi) is 11.7. The molecule has 10 heteroatoms. The smallest absolute Gasteiger partial charge is 0.338 e. The average Bonchev–Trinajstić information content (AvgIpc) is 3.07. The fraction of sp³-hybridized carbons (Fsp3) is 0.256. The number of methoxy groups -OCH3 is 2. The Hall–Kier alpha value is -5.82. The van der Waals surface area contributed by atoms with Gasteiger partial charge in [-0.05, 0) is 74.9 Å². The molecule has 4 aromatic carbocycles. The third-order valence-electron chi connectivity index (χ3n) is 7.43. The molecule has 254 valence electrons. The second kappa shape index (κ2) is 15.8. The molecule has 0 radical (unpaired) electrons. The SMILES string of the molecule is C#Cc1cc(F)cc(N(C)Cc2ccccc2)c1NC(=O)CC(=O)N(Cc1ccc(OC)cc1OC)c1ccc(C(=O)OC(C)(C)C)cc1. The number of terminal acetylenes is 1. The molecular formula is C39H40FN3O6. The van der Waals surface area contributed by atoms with Gasteiger partial charge in [-0.3, -0.25) is 9.59 Å². The maximum atomic E-state index is 14.7. The van der Waals surface area contributed by atoms with Crippen LogP contribution < -0.4 is 24.6 Å². The number of nitrogens with one attached hydrogen (secondary N) is 1. The van der Waals surface area contributed by atoms with E-state index in [4.69, 9.17) is 20.6 Å². The zero-order valence-electron chi connectivity index (χ0n) is 28.5. The van der Waals surface area contributed by atoms with Gasteiger partial charge in [0.1, 0.15) is 29.3 Å². The largest absolute Gasteiger partial charge is 0.497 e. The van der Waals surface area contributed by atoms with Crippen LogP contribution in [0.25, 0.3) is 0 Å². The molecule has 0 spiro atoms. The summed E-state index contributed by atoms with van der Waals surface area (Å²) in [5.74, 6) is 1.21. The second-order valence-electron chi connectivity index (χ2n) is 12.3. The number of benzene rings is 4. The Bertz CT molecular complexity index is 1850. The molecule has 0 bridgehead atoms. The standard InChI is InChI=1S/C39H40FN3O6/c1-8-27-20-30(40)21-33(42(5)24-26-12-10-9-11-13-26)37(27)41-35(44)23-36(45)43(25-29-16-19-32(47-6)22-34(29)48-7)31-17-14-28(15-18-31)38(46)49-39(2,3)4/h1,9-22H,23-25H2,2-7H3,(H,41,44). The minimum atomic E-state index is -0.684. The number of carbonyl (C=O) groups is 3. The molecule has 0 heterocycles. The summed E-state index contributed by atoms with van der Waals surface area (Å²) in [4.78, 5) is 43.3. The molecule has 0 aliphatic carbocycles. The van der Waals surface area contributed by atoms with E-state index in [9.17, 15) is 18.8 Å². The van der Waals surface area contributed by atoms with Crippen LogP contribution in [-0.4, -0.2) is 44.7 Å². The van der Waals surface area contributed by atoms with Gasteiger partial charge in [0, 0.05) is 30.9 Å². The second-order valence-corrected chi connectivity index (χ2v) is 12.3. The van der Waals surface area contributed by atoms with Crippen molar-refractivity contribution in [3.63, 3.8) is 0 Å². The molecule has 0 saturated heterocycles. The number of halogens is 1. The first-order valence-corrected chi connectivity index (χ1v) is 15.5. The van der Waals surface area contributed by atoms with Crippen molar-refractivity contribution in [3.8, 4) is 23.8 Å². The number of nitrogens with zero attached hydrogens (tertiary/aromatic N) is 2. The third-order valence-corrected chi connectivity index (χ3v) is 7.43. The van der Waals surface area contributed by atoms with Crippen LogP contribution in [0.5, 0.6) is 11.5 Å². The van der Waals surface area contributed by atoms with Crippen LogP contribution >= 0.6 is 0 Å². The van der Waals surface area contributed by atoms with Crippen molar-refractivity contribution >= 4 is 34.8 Å². The van der Waals surface area contributed by atoms with Crippen LogP contribution in [0.15, 0.2) is 84.9 Å². The van der Waals surface area contributed by atoms with Gasteiger partial charge in [0.25, 0.3) is 0 Å².